The van der Waals surface area contributed by atoms with Gasteiger partial charge in [-0.25, -0.2) is 13.2 Å². The Bertz CT molecular complexity index is 4540. The van der Waals surface area contributed by atoms with Gasteiger partial charge in [0.1, 0.15) is 17.5 Å². The van der Waals surface area contributed by atoms with Crippen LogP contribution in [0.3, 0.4) is 0 Å². The molecule has 12 heteroatoms. The van der Waals surface area contributed by atoms with E-state index in [1.807, 2.05) is 48.5 Å². The van der Waals surface area contributed by atoms with Crippen LogP contribution in [0.25, 0.3) is 99.1 Å². The van der Waals surface area contributed by atoms with Gasteiger partial charge in [0, 0.05) is 16.7 Å². The van der Waals surface area contributed by atoms with E-state index in [4.69, 9.17) is 0 Å². The molecule has 0 spiro atoms. The van der Waals surface area contributed by atoms with E-state index in [1.165, 1.54) is 90.6 Å². The number of fused-ring (bicyclic) bond motifs is 3. The van der Waals surface area contributed by atoms with Crippen LogP contribution in [0, 0.1) is 17.5 Å². The molecule has 0 N–H and O–H groups in total. The van der Waals surface area contributed by atoms with Crippen molar-refractivity contribution < 1.29 is 52.7 Å². The lowest BCUT2D eigenvalue weighted by molar-refractivity contribution is -0.138. The van der Waals surface area contributed by atoms with Crippen LogP contribution in [0.4, 0.5) is 52.7 Å². The quantitative estimate of drug-likeness (QED) is 0.0709. The Hall–Kier alpha value is -9.42. The van der Waals surface area contributed by atoms with Crippen molar-refractivity contribution >= 4 is 32.3 Å². The highest BCUT2D eigenvalue weighted by Gasteiger charge is 2.32. The second-order valence-electron chi connectivity index (χ2n) is 23.3. The number of rotatable bonds is 15. The fourth-order valence-electron chi connectivity index (χ4n) is 11.4. The van der Waals surface area contributed by atoms with Crippen LogP contribution in [0.1, 0.15) is 92.7 Å². The topological polar surface area (TPSA) is 0 Å². The molecule has 474 valence electrons. The van der Waals surface area contributed by atoms with Crippen LogP contribution in [-0.2, 0) is 37.8 Å². The maximum absolute atomic E-state index is 14.8. The molecule has 12 aromatic rings. The molecule has 0 aromatic heterocycles. The number of hydrogen-bond acceptors (Lipinski definition) is 0. The van der Waals surface area contributed by atoms with E-state index in [-0.39, 0.29) is 16.7 Å². The Morgan fingerprint density at radius 3 is 0.753 bits per heavy atom. The third kappa shape index (κ3) is 16.6. The molecule has 0 aliphatic carbocycles. The molecule has 0 heterocycles. The zero-order chi connectivity index (χ0) is 66.0. The fraction of sp³-hybridized carbons (Fsp3) is 0.185. The fourth-order valence-corrected chi connectivity index (χ4v) is 11.4. The molecule has 0 aliphatic rings. The summed E-state index contributed by atoms with van der Waals surface area (Å²) in [5.41, 5.74) is 8.62. The number of unbranched alkanes of at least 4 members (excludes halogenated alkanes) is 3. The molecule has 0 saturated heterocycles. The Labute approximate surface area is 533 Å². The average Bonchev–Trinajstić information content (AvgIpc) is 0.847. The van der Waals surface area contributed by atoms with Crippen molar-refractivity contribution in [2.24, 2.45) is 0 Å². The molecule has 93 heavy (non-hydrogen) atoms. The monoisotopic (exact) mass is 1270 g/mol. The summed E-state index contributed by atoms with van der Waals surface area (Å²) < 4.78 is 159. The van der Waals surface area contributed by atoms with Gasteiger partial charge < -0.3 is 0 Å². The van der Waals surface area contributed by atoms with Crippen LogP contribution in [-0.4, -0.2) is 0 Å². The van der Waals surface area contributed by atoms with Gasteiger partial charge in [-0.15, -0.1) is 0 Å². The van der Waals surface area contributed by atoms with E-state index in [2.05, 4.69) is 81.4 Å². The van der Waals surface area contributed by atoms with Gasteiger partial charge in [0.05, 0.1) is 16.7 Å². The highest BCUT2D eigenvalue weighted by molar-refractivity contribution is 5.91. The van der Waals surface area contributed by atoms with Crippen molar-refractivity contribution in [1.29, 1.82) is 0 Å². The molecule has 0 fully saturated rings. The van der Waals surface area contributed by atoms with E-state index in [1.54, 1.807) is 36.4 Å². The average molecular weight is 1270 g/mol. The van der Waals surface area contributed by atoms with Crippen LogP contribution in [0.15, 0.2) is 237 Å². The van der Waals surface area contributed by atoms with Gasteiger partial charge in [0.25, 0.3) is 0 Å². The Kier molecular flexibility index (Phi) is 20.8. The zero-order valence-corrected chi connectivity index (χ0v) is 51.4. The molecule has 0 unspecified atom stereocenters. The number of halogens is 12. The molecule has 0 amide bonds. The highest BCUT2D eigenvalue weighted by Crippen LogP contribution is 2.38. The normalized spacial score (nSPS) is 11.8. The van der Waals surface area contributed by atoms with Gasteiger partial charge in [-0.2, -0.15) is 39.5 Å². The predicted octanol–water partition coefficient (Wildman–Crippen LogP) is 26.0. The Morgan fingerprint density at radius 2 is 0.473 bits per heavy atom. The van der Waals surface area contributed by atoms with E-state index in [0.29, 0.717) is 16.7 Å². The first-order valence-corrected chi connectivity index (χ1v) is 31.1. The number of aryl methyl sites for hydroxylation is 3. The van der Waals surface area contributed by atoms with Crippen molar-refractivity contribution in [3.63, 3.8) is 0 Å². The smallest absolute Gasteiger partial charge is 0.206 e. The minimum absolute atomic E-state index is 0.275. The molecular weight excluding hydrogens is 1200 g/mol. The molecule has 12 aromatic carbocycles. The minimum Gasteiger partial charge on any atom is -0.206 e. The van der Waals surface area contributed by atoms with Crippen LogP contribution >= 0.6 is 0 Å². The summed E-state index contributed by atoms with van der Waals surface area (Å²) in [4.78, 5) is 0. The standard InChI is InChI=1S/C28H24F4.C27H22F4.C26H20F4/c1-2-3-4-5-19-6-7-22-17-23(9-8-21(22)16-19)24-12-15-26(27(29)18-24)20-10-13-25(14-11-20)28(30,31)32;1-2-3-4-18-5-6-21-16-22(8-7-20(21)15-18)23-11-14-25(26(28)17-23)19-9-12-24(13-10-19)27(29,30)31;1-2-3-17-4-5-20-15-21(7-6-19(20)14-17)22-10-13-24(25(27)16-22)18-8-11-23(12-9-18)26(28,29)30/h6-18H,2-5H2,1H3;5-17H,2-4H2,1H3;4-16H,2-3H2,1H3. The molecule has 0 atom stereocenters. The second-order valence-corrected chi connectivity index (χ2v) is 23.3. The first kappa shape index (κ1) is 66.5. The summed E-state index contributed by atoms with van der Waals surface area (Å²) in [6.45, 7) is 6.52. The maximum atomic E-state index is 14.8. The van der Waals surface area contributed by atoms with Crippen LogP contribution in [0.5, 0.6) is 0 Å². The van der Waals surface area contributed by atoms with Gasteiger partial charge in [-0.05, 0) is 204 Å². The Morgan fingerprint density at radius 1 is 0.226 bits per heavy atom. The lowest BCUT2D eigenvalue weighted by Gasteiger charge is -2.10. The van der Waals surface area contributed by atoms with Crippen molar-refractivity contribution in [1.82, 2.24) is 0 Å². The summed E-state index contributed by atoms with van der Waals surface area (Å²) in [6, 6.07) is 65.6. The van der Waals surface area contributed by atoms with Gasteiger partial charge in [0.15, 0.2) is 0 Å². The molecule has 0 radical (unpaired) electrons. The third-order valence-electron chi connectivity index (χ3n) is 16.6. The van der Waals surface area contributed by atoms with E-state index >= 15 is 0 Å². The molecule has 0 bridgehead atoms. The van der Waals surface area contributed by atoms with Crippen LogP contribution < -0.4 is 0 Å². The summed E-state index contributed by atoms with van der Waals surface area (Å²) in [5.74, 6) is -1.40. The lowest BCUT2D eigenvalue weighted by atomic mass is 9.96. The van der Waals surface area contributed by atoms with Crippen molar-refractivity contribution in [3.8, 4) is 66.8 Å². The SMILES string of the molecule is CCCCCc1ccc2cc(-c3ccc(-c4ccc(C(F)(F)F)cc4)c(F)c3)ccc2c1.CCCCc1ccc2cc(-c3ccc(-c4ccc(C(F)(F)F)cc4)c(F)c3)ccc2c1.CCCc1ccc2cc(-c3ccc(-c4ccc(C(F)(F)F)cc4)c(F)c3)ccc2c1. The van der Waals surface area contributed by atoms with E-state index in [9.17, 15) is 52.7 Å². The largest absolute Gasteiger partial charge is 0.416 e. The maximum Gasteiger partial charge on any atom is 0.416 e. The van der Waals surface area contributed by atoms with E-state index < -0.39 is 52.7 Å². The first-order valence-electron chi connectivity index (χ1n) is 31.1. The summed E-state index contributed by atoms with van der Waals surface area (Å²) in [5, 5.41) is 6.72. The Balaban J connectivity index is 0.000000153. The number of alkyl halides is 9. The number of hydrogen-bond donors (Lipinski definition) is 0. The van der Waals surface area contributed by atoms with Gasteiger partial charge in [-0.3, -0.25) is 0 Å². The van der Waals surface area contributed by atoms with Gasteiger partial charge in [0.2, 0.25) is 0 Å². The first-order chi connectivity index (χ1) is 44.5. The molecule has 0 aliphatic heterocycles. The zero-order valence-electron chi connectivity index (χ0n) is 51.4. The van der Waals surface area contributed by atoms with Crippen LogP contribution in [0.2, 0.25) is 0 Å². The van der Waals surface area contributed by atoms with Crippen molar-refractivity contribution in [3.05, 3.63) is 287 Å². The lowest BCUT2D eigenvalue weighted by Crippen LogP contribution is -2.04. The summed E-state index contributed by atoms with van der Waals surface area (Å²) in [7, 11) is 0. The molecule has 12 rings (SSSR count). The minimum atomic E-state index is -4.41. The number of benzene rings is 12. The van der Waals surface area contributed by atoms with Gasteiger partial charge >= 0.3 is 18.5 Å². The second kappa shape index (κ2) is 29.0. The third-order valence-corrected chi connectivity index (χ3v) is 16.6. The summed E-state index contributed by atoms with van der Waals surface area (Å²) in [6.07, 6.45) is -3.04. The summed E-state index contributed by atoms with van der Waals surface area (Å²) >= 11 is 0. The van der Waals surface area contributed by atoms with Gasteiger partial charge in [-0.1, -0.05) is 210 Å². The predicted molar refractivity (Wildman–Crippen MR) is 355 cm³/mol. The highest BCUT2D eigenvalue weighted by atomic mass is 19.4. The molecular formula is C81H66F12. The van der Waals surface area contributed by atoms with Crippen molar-refractivity contribution in [2.75, 3.05) is 0 Å². The van der Waals surface area contributed by atoms with Crippen molar-refractivity contribution in [2.45, 2.75) is 97.1 Å². The van der Waals surface area contributed by atoms with E-state index in [0.717, 1.165) is 141 Å². The molecule has 0 saturated carbocycles. The molecule has 0 nitrogen and oxygen atoms in total.